The predicted molar refractivity (Wildman–Crippen MR) is 110 cm³/mol. The Morgan fingerprint density at radius 1 is 1.07 bits per heavy atom. The van der Waals surface area contributed by atoms with Crippen molar-refractivity contribution < 1.29 is 23.9 Å². The first-order valence-corrected chi connectivity index (χ1v) is 9.96. The van der Waals surface area contributed by atoms with E-state index >= 15 is 0 Å². The van der Waals surface area contributed by atoms with E-state index in [-0.39, 0.29) is 19.1 Å². The number of carbonyl (C=O) groups excluding carboxylic acids is 3. The first-order chi connectivity index (χ1) is 14.6. The molecule has 1 N–H and O–H groups in total. The molecule has 158 valence electrons. The maximum absolute atomic E-state index is 13.3. The Labute approximate surface area is 176 Å². The zero-order valence-corrected chi connectivity index (χ0v) is 17.0. The van der Waals surface area contributed by atoms with Gasteiger partial charge in [0.2, 0.25) is 5.91 Å². The van der Waals surface area contributed by atoms with Gasteiger partial charge < -0.3 is 14.4 Å². The number of rotatable bonds is 8. The number of benzene rings is 2. The number of hydrogen-bond acceptors (Lipinski definition) is 6. The zero-order valence-electron chi connectivity index (χ0n) is 17.0. The summed E-state index contributed by atoms with van der Waals surface area (Å²) in [6.45, 7) is 0.521. The lowest BCUT2D eigenvalue weighted by Crippen LogP contribution is -2.47. The van der Waals surface area contributed by atoms with Gasteiger partial charge in [-0.15, -0.1) is 0 Å². The van der Waals surface area contributed by atoms with E-state index in [0.717, 1.165) is 17.5 Å². The van der Waals surface area contributed by atoms with Crippen molar-refractivity contribution in [2.45, 2.75) is 31.5 Å². The van der Waals surface area contributed by atoms with Gasteiger partial charge in [-0.1, -0.05) is 60.7 Å². The van der Waals surface area contributed by atoms with Crippen LogP contribution in [0.2, 0.25) is 0 Å². The summed E-state index contributed by atoms with van der Waals surface area (Å²) in [5, 5.41) is 2.96. The second-order valence-corrected chi connectivity index (χ2v) is 7.08. The number of methoxy groups -OCH3 is 1. The van der Waals surface area contributed by atoms with Gasteiger partial charge in [0.25, 0.3) is 0 Å². The lowest BCUT2D eigenvalue weighted by molar-refractivity contribution is -0.155. The Hall–Kier alpha value is -3.19. The van der Waals surface area contributed by atoms with Crippen LogP contribution < -0.4 is 5.32 Å². The third-order valence-electron chi connectivity index (χ3n) is 5.09. The third-order valence-corrected chi connectivity index (χ3v) is 5.09. The van der Waals surface area contributed by atoms with Gasteiger partial charge in [-0.05, 0) is 24.0 Å². The van der Waals surface area contributed by atoms with Crippen molar-refractivity contribution in [3.8, 4) is 0 Å². The van der Waals surface area contributed by atoms with Gasteiger partial charge in [-0.25, -0.2) is 4.79 Å². The molecule has 7 heteroatoms. The van der Waals surface area contributed by atoms with Crippen molar-refractivity contribution in [3.05, 3.63) is 71.8 Å². The summed E-state index contributed by atoms with van der Waals surface area (Å²) < 4.78 is 10.1. The molecule has 0 bridgehead atoms. The number of carbonyl (C=O) groups is 3. The summed E-state index contributed by atoms with van der Waals surface area (Å²) in [5.74, 6) is -1.14. The summed E-state index contributed by atoms with van der Waals surface area (Å²) in [7, 11) is 1.29. The summed E-state index contributed by atoms with van der Waals surface area (Å²) in [6.07, 6.45) is 1.27. The summed E-state index contributed by atoms with van der Waals surface area (Å²) in [4.78, 5) is 39.2. The first kappa shape index (κ1) is 21.5. The smallest absolute Gasteiger partial charge is 0.329 e. The van der Waals surface area contributed by atoms with Crippen molar-refractivity contribution in [1.82, 2.24) is 10.2 Å². The molecule has 1 aliphatic rings. The van der Waals surface area contributed by atoms with Crippen LogP contribution in [0.1, 0.15) is 30.0 Å². The van der Waals surface area contributed by atoms with E-state index < -0.39 is 24.0 Å². The number of esters is 2. The minimum absolute atomic E-state index is 0.112. The van der Waals surface area contributed by atoms with Crippen LogP contribution in [0.5, 0.6) is 0 Å². The van der Waals surface area contributed by atoms with Gasteiger partial charge >= 0.3 is 11.9 Å². The van der Waals surface area contributed by atoms with Crippen LogP contribution in [0.25, 0.3) is 0 Å². The highest BCUT2D eigenvalue weighted by Gasteiger charge is 2.38. The third kappa shape index (κ3) is 5.45. The van der Waals surface area contributed by atoms with Gasteiger partial charge in [-0.3, -0.25) is 14.9 Å². The van der Waals surface area contributed by atoms with E-state index in [2.05, 4.69) is 10.1 Å². The Bertz CT molecular complexity index is 856. The van der Waals surface area contributed by atoms with Crippen molar-refractivity contribution in [1.29, 1.82) is 0 Å². The fraction of sp³-hybridized carbons (Fsp3) is 0.348. The van der Waals surface area contributed by atoms with Gasteiger partial charge in [0.05, 0.1) is 13.7 Å². The molecular weight excluding hydrogens is 384 g/mol. The van der Waals surface area contributed by atoms with Gasteiger partial charge in [0.15, 0.2) is 0 Å². The van der Waals surface area contributed by atoms with Crippen LogP contribution in [0.4, 0.5) is 0 Å². The summed E-state index contributed by atoms with van der Waals surface area (Å²) in [5.41, 5.74) is 1.61. The van der Waals surface area contributed by atoms with Crippen LogP contribution in [-0.2, 0) is 30.5 Å². The van der Waals surface area contributed by atoms with Gasteiger partial charge in [0.1, 0.15) is 18.7 Å². The summed E-state index contributed by atoms with van der Waals surface area (Å²) in [6, 6.07) is 17.2. The molecule has 2 aromatic carbocycles. The van der Waals surface area contributed by atoms with E-state index in [1.165, 1.54) is 7.11 Å². The molecule has 1 amide bonds. The molecule has 0 saturated carbocycles. The highest BCUT2D eigenvalue weighted by atomic mass is 16.5. The molecule has 1 saturated heterocycles. The van der Waals surface area contributed by atoms with E-state index in [0.29, 0.717) is 13.0 Å². The van der Waals surface area contributed by atoms with Crippen LogP contribution >= 0.6 is 0 Å². The second kappa shape index (κ2) is 10.5. The lowest BCUT2D eigenvalue weighted by atomic mass is 10.0. The minimum atomic E-state index is -0.757. The molecule has 1 aliphatic heterocycles. The van der Waals surface area contributed by atoms with Gasteiger partial charge in [0, 0.05) is 6.54 Å². The van der Waals surface area contributed by atoms with Crippen molar-refractivity contribution >= 4 is 17.8 Å². The minimum Gasteiger partial charge on any atom is -0.468 e. The molecule has 1 fully saturated rings. The molecule has 0 spiro atoms. The van der Waals surface area contributed by atoms with E-state index in [9.17, 15) is 14.4 Å². The van der Waals surface area contributed by atoms with Crippen LogP contribution in [0.15, 0.2) is 60.7 Å². The Balaban J connectivity index is 1.70. The number of nitrogens with zero attached hydrogens (tertiary/aromatic N) is 1. The van der Waals surface area contributed by atoms with Crippen LogP contribution in [0.3, 0.4) is 0 Å². The number of ether oxygens (including phenoxy) is 2. The van der Waals surface area contributed by atoms with E-state index in [4.69, 9.17) is 4.74 Å². The fourth-order valence-electron chi connectivity index (χ4n) is 3.52. The fourth-order valence-corrected chi connectivity index (χ4v) is 3.52. The topological polar surface area (TPSA) is 84.9 Å². The maximum atomic E-state index is 13.3. The highest BCUT2D eigenvalue weighted by molar-refractivity contribution is 5.89. The Morgan fingerprint density at radius 2 is 1.73 bits per heavy atom. The quantitative estimate of drug-likeness (QED) is 0.672. The van der Waals surface area contributed by atoms with Crippen molar-refractivity contribution in [2.24, 2.45) is 0 Å². The second-order valence-electron chi connectivity index (χ2n) is 7.08. The lowest BCUT2D eigenvalue weighted by Gasteiger charge is -2.28. The largest absolute Gasteiger partial charge is 0.468 e. The number of hydrogen-bond donors (Lipinski definition) is 1. The first-order valence-electron chi connectivity index (χ1n) is 9.96. The normalized spacial score (nSPS) is 16.7. The van der Waals surface area contributed by atoms with Crippen molar-refractivity contribution in [2.75, 3.05) is 20.2 Å². The average Bonchev–Trinajstić information content (AvgIpc) is 3.29. The maximum Gasteiger partial charge on any atom is 0.329 e. The van der Waals surface area contributed by atoms with Crippen LogP contribution in [-0.4, -0.2) is 49.0 Å². The molecule has 1 heterocycles. The monoisotopic (exact) mass is 410 g/mol. The molecular formula is C23H26N2O5. The van der Waals surface area contributed by atoms with E-state index in [1.54, 1.807) is 4.90 Å². The molecule has 0 unspecified atom stereocenters. The molecule has 2 aromatic rings. The van der Waals surface area contributed by atoms with Crippen LogP contribution in [0, 0.1) is 0 Å². The average molecular weight is 410 g/mol. The van der Waals surface area contributed by atoms with Crippen molar-refractivity contribution in [3.63, 3.8) is 0 Å². The molecule has 0 aromatic heterocycles. The molecule has 30 heavy (non-hydrogen) atoms. The highest BCUT2D eigenvalue weighted by Crippen LogP contribution is 2.24. The molecule has 7 nitrogen and oxygen atoms in total. The summed E-state index contributed by atoms with van der Waals surface area (Å²) >= 11 is 0. The number of amides is 1. The Kier molecular flexibility index (Phi) is 7.57. The standard InChI is InChI=1S/C23H26N2O5/c1-29-20(26)15-24-21(18-11-6-3-7-12-18)22(27)25-14-8-13-19(25)23(28)30-16-17-9-4-2-5-10-17/h2-7,9-12,19,21,24H,8,13-16H2,1H3/t19-,21+/m0/s1. The Morgan fingerprint density at radius 3 is 2.40 bits per heavy atom. The molecule has 0 aliphatic carbocycles. The predicted octanol–water partition coefficient (Wildman–Crippen LogP) is 2.22. The number of likely N-dealkylation sites (tertiary alicyclic amines) is 1. The molecule has 3 rings (SSSR count). The molecule has 2 atom stereocenters. The number of nitrogens with one attached hydrogen (secondary N) is 1. The van der Waals surface area contributed by atoms with E-state index in [1.807, 2.05) is 60.7 Å². The zero-order chi connectivity index (χ0) is 21.3. The van der Waals surface area contributed by atoms with Gasteiger partial charge in [-0.2, -0.15) is 0 Å². The molecule has 0 radical (unpaired) electrons. The SMILES string of the molecule is COC(=O)CN[C@@H](C(=O)N1CCC[C@H]1C(=O)OCc1ccccc1)c1ccccc1.